The fourth-order valence-electron chi connectivity index (χ4n) is 2.57. The highest BCUT2D eigenvalue weighted by Gasteiger charge is 2.39. The zero-order chi connectivity index (χ0) is 21.1. The average Bonchev–Trinajstić information content (AvgIpc) is 2.66. The zero-order valence-corrected chi connectivity index (χ0v) is 16.0. The number of carboxylic acids is 1. The van der Waals surface area contributed by atoms with Crippen molar-refractivity contribution in [3.8, 4) is 0 Å². The molecule has 1 aromatic carbocycles. The summed E-state index contributed by atoms with van der Waals surface area (Å²) in [5, 5.41) is 11.8. The Hall–Kier alpha value is -2.94. The summed E-state index contributed by atoms with van der Waals surface area (Å²) in [6.07, 6.45) is -1.64. The van der Waals surface area contributed by atoms with Crippen molar-refractivity contribution >= 4 is 23.8 Å². The predicted octanol–water partition coefficient (Wildman–Crippen LogP) is 1.08. The lowest BCUT2D eigenvalue weighted by atomic mass is 9.95. The van der Waals surface area contributed by atoms with Crippen LogP contribution >= 0.6 is 0 Å². The van der Waals surface area contributed by atoms with Gasteiger partial charge >= 0.3 is 17.9 Å². The standard InChI is InChI=1S/C19H25NO8/c1-4-27-14(21)11-13(19(25)28-5-2)15(18(23)24)20-17(22)16(26-3)12-9-7-6-8-10-12/h6-10,13,15-16H,4-5,11H2,1-3H3,(H,20,22)(H,23,24)/t13-,15-,16+/m1/s1. The molecule has 1 amide bonds. The number of ether oxygens (including phenoxy) is 3. The molecule has 0 aliphatic rings. The van der Waals surface area contributed by atoms with Crippen molar-refractivity contribution < 1.29 is 38.5 Å². The van der Waals surface area contributed by atoms with Crippen LogP contribution in [0.4, 0.5) is 0 Å². The van der Waals surface area contributed by atoms with Gasteiger partial charge in [0.15, 0.2) is 6.10 Å². The molecule has 0 saturated heterocycles. The van der Waals surface area contributed by atoms with E-state index in [-0.39, 0.29) is 13.2 Å². The molecule has 0 aliphatic heterocycles. The molecule has 0 heterocycles. The first-order chi connectivity index (χ1) is 13.3. The highest BCUT2D eigenvalue weighted by atomic mass is 16.5. The van der Waals surface area contributed by atoms with Crippen LogP contribution in [0.3, 0.4) is 0 Å². The van der Waals surface area contributed by atoms with Crippen molar-refractivity contribution in [3.05, 3.63) is 35.9 Å². The number of amides is 1. The number of methoxy groups -OCH3 is 1. The molecule has 0 bridgehead atoms. The van der Waals surface area contributed by atoms with Crippen LogP contribution in [0.1, 0.15) is 31.9 Å². The molecular formula is C19H25NO8. The van der Waals surface area contributed by atoms with E-state index in [1.807, 2.05) is 0 Å². The van der Waals surface area contributed by atoms with Crippen LogP contribution in [0.5, 0.6) is 0 Å². The van der Waals surface area contributed by atoms with Crippen LogP contribution < -0.4 is 5.32 Å². The largest absolute Gasteiger partial charge is 0.480 e. The molecule has 9 heteroatoms. The third kappa shape index (κ3) is 6.66. The van der Waals surface area contributed by atoms with Gasteiger partial charge in [0.25, 0.3) is 5.91 Å². The Morgan fingerprint density at radius 3 is 2.14 bits per heavy atom. The Morgan fingerprint density at radius 1 is 1.04 bits per heavy atom. The number of carbonyl (C=O) groups excluding carboxylic acids is 3. The maximum Gasteiger partial charge on any atom is 0.327 e. The van der Waals surface area contributed by atoms with Gasteiger partial charge in [0.05, 0.1) is 25.6 Å². The number of carbonyl (C=O) groups is 4. The van der Waals surface area contributed by atoms with E-state index in [0.29, 0.717) is 5.56 Å². The van der Waals surface area contributed by atoms with Crippen molar-refractivity contribution in [1.82, 2.24) is 5.32 Å². The number of carboxylic acid groups (broad SMARTS) is 1. The molecule has 2 N–H and O–H groups in total. The molecule has 0 aliphatic carbocycles. The molecule has 3 atom stereocenters. The summed E-state index contributed by atoms with van der Waals surface area (Å²) in [7, 11) is 1.30. The minimum atomic E-state index is -1.70. The van der Waals surface area contributed by atoms with Crippen LogP contribution in [0.15, 0.2) is 30.3 Å². The van der Waals surface area contributed by atoms with Crippen LogP contribution in [-0.4, -0.2) is 55.3 Å². The van der Waals surface area contributed by atoms with E-state index in [2.05, 4.69) is 5.32 Å². The van der Waals surface area contributed by atoms with Crippen molar-refractivity contribution in [3.63, 3.8) is 0 Å². The fourth-order valence-corrected chi connectivity index (χ4v) is 2.57. The normalized spacial score (nSPS) is 13.7. The molecule has 0 fully saturated rings. The number of hydrogen-bond donors (Lipinski definition) is 2. The summed E-state index contributed by atoms with van der Waals surface area (Å²) in [5.41, 5.74) is 0.504. The number of benzene rings is 1. The van der Waals surface area contributed by atoms with Gasteiger partial charge in [-0.05, 0) is 19.4 Å². The lowest BCUT2D eigenvalue weighted by Gasteiger charge is -2.25. The van der Waals surface area contributed by atoms with Gasteiger partial charge in [-0.25, -0.2) is 4.79 Å². The second-order valence-electron chi connectivity index (χ2n) is 5.72. The van der Waals surface area contributed by atoms with Gasteiger partial charge in [-0.2, -0.15) is 0 Å². The number of rotatable bonds is 11. The summed E-state index contributed by atoms with van der Waals surface area (Å²) >= 11 is 0. The molecule has 0 radical (unpaired) electrons. The van der Waals surface area contributed by atoms with Gasteiger partial charge in [-0.1, -0.05) is 30.3 Å². The smallest absolute Gasteiger partial charge is 0.327 e. The molecular weight excluding hydrogens is 370 g/mol. The first kappa shape index (κ1) is 23.1. The molecule has 28 heavy (non-hydrogen) atoms. The highest BCUT2D eigenvalue weighted by Crippen LogP contribution is 2.19. The number of nitrogens with one attached hydrogen (secondary N) is 1. The van der Waals surface area contributed by atoms with E-state index in [1.165, 1.54) is 7.11 Å². The Labute approximate surface area is 163 Å². The maximum atomic E-state index is 12.6. The molecule has 154 valence electrons. The molecule has 1 rings (SSSR count). The number of aliphatic carboxylic acids is 1. The second kappa shape index (κ2) is 11.7. The average molecular weight is 395 g/mol. The van der Waals surface area contributed by atoms with Crippen molar-refractivity contribution in [2.24, 2.45) is 5.92 Å². The van der Waals surface area contributed by atoms with Gasteiger partial charge in [0.2, 0.25) is 0 Å². The second-order valence-corrected chi connectivity index (χ2v) is 5.72. The van der Waals surface area contributed by atoms with Crippen molar-refractivity contribution in [2.45, 2.75) is 32.4 Å². The van der Waals surface area contributed by atoms with Gasteiger partial charge < -0.3 is 24.6 Å². The Kier molecular flexibility index (Phi) is 9.66. The van der Waals surface area contributed by atoms with Crippen molar-refractivity contribution in [2.75, 3.05) is 20.3 Å². The van der Waals surface area contributed by atoms with E-state index in [4.69, 9.17) is 14.2 Å². The minimum Gasteiger partial charge on any atom is -0.480 e. The van der Waals surface area contributed by atoms with E-state index >= 15 is 0 Å². The number of hydrogen-bond acceptors (Lipinski definition) is 7. The van der Waals surface area contributed by atoms with E-state index in [1.54, 1.807) is 44.2 Å². The molecule has 0 unspecified atom stereocenters. The third-order valence-electron chi connectivity index (χ3n) is 3.82. The predicted molar refractivity (Wildman–Crippen MR) is 97.1 cm³/mol. The molecule has 9 nitrogen and oxygen atoms in total. The van der Waals surface area contributed by atoms with Gasteiger partial charge in [0.1, 0.15) is 6.04 Å². The Bertz CT molecular complexity index is 676. The zero-order valence-electron chi connectivity index (χ0n) is 16.0. The Balaban J connectivity index is 3.08. The molecule has 1 aromatic rings. The Morgan fingerprint density at radius 2 is 1.64 bits per heavy atom. The van der Waals surface area contributed by atoms with E-state index < -0.39 is 48.3 Å². The lowest BCUT2D eigenvalue weighted by Crippen LogP contribution is -2.51. The lowest BCUT2D eigenvalue weighted by molar-refractivity contribution is -0.160. The third-order valence-corrected chi connectivity index (χ3v) is 3.82. The van der Waals surface area contributed by atoms with Gasteiger partial charge in [-0.15, -0.1) is 0 Å². The first-order valence-electron chi connectivity index (χ1n) is 8.78. The SMILES string of the molecule is CCOC(=O)C[C@@H](C(=O)OCC)[C@@H](NC(=O)[C@@H](OC)c1ccccc1)C(=O)O. The van der Waals surface area contributed by atoms with E-state index in [0.717, 1.165) is 0 Å². The van der Waals surface area contributed by atoms with Crippen molar-refractivity contribution in [1.29, 1.82) is 0 Å². The highest BCUT2D eigenvalue weighted by molar-refractivity contribution is 5.92. The topological polar surface area (TPSA) is 128 Å². The summed E-state index contributed by atoms with van der Waals surface area (Å²) < 4.78 is 14.8. The first-order valence-corrected chi connectivity index (χ1v) is 8.78. The van der Waals surface area contributed by atoms with Crippen LogP contribution in [0.25, 0.3) is 0 Å². The summed E-state index contributed by atoms with van der Waals surface area (Å²) in [4.78, 5) is 48.4. The van der Waals surface area contributed by atoms with E-state index in [9.17, 15) is 24.3 Å². The molecule has 0 aromatic heterocycles. The summed E-state index contributed by atoms with van der Waals surface area (Å²) in [5.74, 6) is -5.39. The van der Waals surface area contributed by atoms with Gasteiger partial charge in [-0.3, -0.25) is 14.4 Å². The molecule has 0 saturated carbocycles. The summed E-state index contributed by atoms with van der Waals surface area (Å²) in [6.45, 7) is 3.18. The summed E-state index contributed by atoms with van der Waals surface area (Å²) in [6, 6.07) is 6.74. The van der Waals surface area contributed by atoms with Crippen LogP contribution in [0, 0.1) is 5.92 Å². The molecule has 0 spiro atoms. The quantitative estimate of drug-likeness (QED) is 0.533. The van der Waals surface area contributed by atoms with Crippen LogP contribution in [0.2, 0.25) is 0 Å². The van der Waals surface area contributed by atoms with Crippen LogP contribution in [-0.2, 0) is 33.4 Å². The fraction of sp³-hybridized carbons (Fsp3) is 0.474. The van der Waals surface area contributed by atoms with Gasteiger partial charge in [0, 0.05) is 7.11 Å². The monoisotopic (exact) mass is 395 g/mol. The minimum absolute atomic E-state index is 0.0108. The maximum absolute atomic E-state index is 12.6. The number of esters is 2.